The Morgan fingerprint density at radius 1 is 1.23 bits per heavy atom. The van der Waals surface area contributed by atoms with Crippen LogP contribution in [-0.2, 0) is 16.2 Å². The Hall–Kier alpha value is -0.830. The third-order valence-electron chi connectivity index (χ3n) is 5.09. The molecule has 0 spiro atoms. The molecule has 4 unspecified atom stereocenters. The number of hydrogen-bond donors (Lipinski definition) is 0. The molecule has 0 aliphatic heterocycles. The largest absolute Gasteiger partial charge is 0.237 e. The molecule has 5 atom stereocenters. The van der Waals surface area contributed by atoms with Crippen molar-refractivity contribution in [2.24, 2.45) is 23.7 Å². The van der Waals surface area contributed by atoms with E-state index in [1.54, 1.807) is 0 Å². The molecular weight excluding hydrogens is 296 g/mol. The zero-order valence-corrected chi connectivity index (χ0v) is 13.9. The van der Waals surface area contributed by atoms with Crippen molar-refractivity contribution in [3.05, 3.63) is 48.0 Å². The standard InChI is InChI=1S/C19H25ClO2/c1-2-21-22-12-6-9-16-18(20)13-17-15(19(16)17)11-10-14-7-4-3-5-8-14/h3-9,15-19H,2,10-13H2,1H3/b9-6+/t15?,16?,17-,18?,19?/m1/s1. The first-order chi connectivity index (χ1) is 10.8. The summed E-state index contributed by atoms with van der Waals surface area (Å²) < 4.78 is 0. The molecule has 22 heavy (non-hydrogen) atoms. The summed E-state index contributed by atoms with van der Waals surface area (Å²) in [7, 11) is 0. The molecule has 0 bridgehead atoms. The van der Waals surface area contributed by atoms with Crippen LogP contribution in [0, 0.1) is 23.7 Å². The van der Waals surface area contributed by atoms with E-state index in [9.17, 15) is 0 Å². The average Bonchev–Trinajstić information content (AvgIpc) is 3.10. The molecule has 2 nitrogen and oxygen atoms in total. The minimum absolute atomic E-state index is 0.298. The minimum atomic E-state index is 0.298. The van der Waals surface area contributed by atoms with Crippen LogP contribution in [0.15, 0.2) is 42.5 Å². The number of aryl methyl sites for hydroxylation is 1. The molecule has 2 fully saturated rings. The fourth-order valence-corrected chi connectivity index (χ4v) is 4.51. The smallest absolute Gasteiger partial charge is 0.100 e. The number of benzene rings is 1. The predicted octanol–water partition coefficient (Wildman–Crippen LogP) is 4.63. The van der Waals surface area contributed by atoms with Gasteiger partial charge in [0.05, 0.1) is 6.61 Å². The van der Waals surface area contributed by atoms with Gasteiger partial charge in [-0.2, -0.15) is 0 Å². The Balaban J connectivity index is 1.46. The first-order valence-electron chi connectivity index (χ1n) is 8.40. The first-order valence-corrected chi connectivity index (χ1v) is 8.84. The van der Waals surface area contributed by atoms with Crippen molar-refractivity contribution in [2.45, 2.75) is 31.6 Å². The van der Waals surface area contributed by atoms with Gasteiger partial charge in [0.25, 0.3) is 0 Å². The molecule has 2 aliphatic rings. The van der Waals surface area contributed by atoms with E-state index < -0.39 is 0 Å². The average molecular weight is 321 g/mol. The second-order valence-corrected chi connectivity index (χ2v) is 6.94. The fourth-order valence-electron chi connectivity index (χ4n) is 4.05. The van der Waals surface area contributed by atoms with Gasteiger partial charge in [0.1, 0.15) is 6.61 Å². The molecule has 3 rings (SSSR count). The van der Waals surface area contributed by atoms with E-state index in [-0.39, 0.29) is 0 Å². The molecule has 0 radical (unpaired) electrons. The molecule has 3 heteroatoms. The Bertz CT molecular complexity index is 487. The summed E-state index contributed by atoms with van der Waals surface area (Å²) in [5, 5.41) is 0.298. The molecular formula is C19H25ClO2. The molecule has 0 amide bonds. The van der Waals surface area contributed by atoms with E-state index in [1.165, 1.54) is 24.8 Å². The maximum atomic E-state index is 6.50. The van der Waals surface area contributed by atoms with Gasteiger partial charge in [-0.1, -0.05) is 42.5 Å². The highest BCUT2D eigenvalue weighted by atomic mass is 35.5. The molecule has 1 aromatic carbocycles. The van der Waals surface area contributed by atoms with Crippen molar-refractivity contribution in [3.8, 4) is 0 Å². The van der Waals surface area contributed by atoms with E-state index in [2.05, 4.69) is 42.5 Å². The van der Waals surface area contributed by atoms with Crippen LogP contribution >= 0.6 is 11.6 Å². The summed E-state index contributed by atoms with van der Waals surface area (Å²) in [6.07, 6.45) is 7.97. The molecule has 0 heterocycles. The van der Waals surface area contributed by atoms with Gasteiger partial charge >= 0.3 is 0 Å². The zero-order valence-electron chi connectivity index (χ0n) is 13.2. The lowest BCUT2D eigenvalue weighted by Gasteiger charge is -2.15. The van der Waals surface area contributed by atoms with Gasteiger partial charge in [0, 0.05) is 5.38 Å². The van der Waals surface area contributed by atoms with Crippen molar-refractivity contribution in [2.75, 3.05) is 13.2 Å². The third-order valence-corrected chi connectivity index (χ3v) is 5.56. The first kappa shape index (κ1) is 16.0. The molecule has 0 aromatic heterocycles. The van der Waals surface area contributed by atoms with Gasteiger partial charge < -0.3 is 0 Å². The molecule has 0 saturated heterocycles. The maximum absolute atomic E-state index is 6.50. The number of fused-ring (bicyclic) bond motifs is 1. The van der Waals surface area contributed by atoms with E-state index in [1.807, 2.05) is 6.92 Å². The summed E-state index contributed by atoms with van der Waals surface area (Å²) >= 11 is 6.50. The van der Waals surface area contributed by atoms with Crippen LogP contribution in [0.3, 0.4) is 0 Å². The second kappa shape index (κ2) is 7.63. The number of hydrogen-bond acceptors (Lipinski definition) is 2. The van der Waals surface area contributed by atoms with Crippen LogP contribution in [0.25, 0.3) is 0 Å². The van der Waals surface area contributed by atoms with E-state index in [0.29, 0.717) is 24.5 Å². The number of allylic oxidation sites excluding steroid dienone is 1. The Morgan fingerprint density at radius 3 is 2.82 bits per heavy atom. The predicted molar refractivity (Wildman–Crippen MR) is 89.7 cm³/mol. The molecule has 120 valence electrons. The van der Waals surface area contributed by atoms with Gasteiger partial charge in [-0.3, -0.25) is 0 Å². The lowest BCUT2D eigenvalue weighted by atomic mass is 9.95. The highest BCUT2D eigenvalue weighted by Crippen LogP contribution is 2.63. The van der Waals surface area contributed by atoms with Gasteiger partial charge in [0.15, 0.2) is 0 Å². The zero-order chi connectivity index (χ0) is 15.4. The third kappa shape index (κ3) is 3.73. The van der Waals surface area contributed by atoms with Crippen molar-refractivity contribution in [3.63, 3.8) is 0 Å². The number of rotatable bonds is 8. The summed E-state index contributed by atoms with van der Waals surface area (Å²) in [5.41, 5.74) is 1.45. The normalized spacial score (nSPS) is 33.3. The van der Waals surface area contributed by atoms with Crippen molar-refractivity contribution in [1.82, 2.24) is 0 Å². The number of alkyl halides is 1. The van der Waals surface area contributed by atoms with E-state index in [0.717, 1.165) is 17.8 Å². The molecule has 0 N–H and O–H groups in total. The van der Waals surface area contributed by atoms with Crippen molar-refractivity contribution < 1.29 is 9.78 Å². The SMILES string of the molecule is CCOOC/C=C/C1C(Cl)C[C@@H]2C(CCc3ccccc3)C12. The van der Waals surface area contributed by atoms with Gasteiger partial charge in [-0.25, -0.2) is 9.78 Å². The highest BCUT2D eigenvalue weighted by molar-refractivity contribution is 6.21. The Kier molecular flexibility index (Phi) is 5.56. The van der Waals surface area contributed by atoms with E-state index in [4.69, 9.17) is 21.4 Å². The fraction of sp³-hybridized carbons (Fsp3) is 0.579. The van der Waals surface area contributed by atoms with Crippen LogP contribution in [-0.4, -0.2) is 18.6 Å². The topological polar surface area (TPSA) is 18.5 Å². The summed E-state index contributed by atoms with van der Waals surface area (Å²) in [6.45, 7) is 3.02. The quantitative estimate of drug-likeness (QED) is 0.228. The van der Waals surface area contributed by atoms with Crippen LogP contribution in [0.2, 0.25) is 0 Å². The maximum Gasteiger partial charge on any atom is 0.100 e. The Labute approximate surface area is 138 Å². The van der Waals surface area contributed by atoms with Gasteiger partial charge in [-0.05, 0) is 55.4 Å². The summed E-state index contributed by atoms with van der Waals surface area (Å²) in [4.78, 5) is 9.92. The molecule has 2 saturated carbocycles. The summed E-state index contributed by atoms with van der Waals surface area (Å²) in [6, 6.07) is 10.8. The molecule has 1 aromatic rings. The lowest BCUT2D eigenvalue weighted by molar-refractivity contribution is -0.282. The van der Waals surface area contributed by atoms with Crippen LogP contribution in [0.4, 0.5) is 0 Å². The van der Waals surface area contributed by atoms with Crippen molar-refractivity contribution in [1.29, 1.82) is 0 Å². The lowest BCUT2D eigenvalue weighted by Crippen LogP contribution is -2.13. The Morgan fingerprint density at radius 2 is 2.05 bits per heavy atom. The highest BCUT2D eigenvalue weighted by Gasteiger charge is 2.59. The van der Waals surface area contributed by atoms with Crippen LogP contribution < -0.4 is 0 Å². The molecule has 2 aliphatic carbocycles. The minimum Gasteiger partial charge on any atom is -0.237 e. The van der Waals surface area contributed by atoms with Crippen LogP contribution in [0.1, 0.15) is 25.3 Å². The second-order valence-electron chi connectivity index (χ2n) is 6.38. The van der Waals surface area contributed by atoms with Crippen LogP contribution in [0.5, 0.6) is 0 Å². The number of halogens is 1. The monoisotopic (exact) mass is 320 g/mol. The van der Waals surface area contributed by atoms with E-state index >= 15 is 0 Å². The van der Waals surface area contributed by atoms with Gasteiger partial charge in [-0.15, -0.1) is 11.6 Å². The van der Waals surface area contributed by atoms with Gasteiger partial charge in [0.2, 0.25) is 0 Å². The summed E-state index contributed by atoms with van der Waals surface area (Å²) in [5.74, 6) is 3.00. The van der Waals surface area contributed by atoms with Crippen molar-refractivity contribution >= 4 is 11.6 Å².